The van der Waals surface area contributed by atoms with Gasteiger partial charge in [-0.15, -0.1) is 11.3 Å². The Balaban J connectivity index is 1.43. The molecule has 0 atom stereocenters. The summed E-state index contributed by atoms with van der Waals surface area (Å²) in [6.07, 6.45) is 0.275. The predicted molar refractivity (Wildman–Crippen MR) is 128 cm³/mol. The van der Waals surface area contributed by atoms with Gasteiger partial charge in [-0.1, -0.05) is 25.1 Å². The van der Waals surface area contributed by atoms with Crippen LogP contribution in [0, 0.1) is 6.92 Å². The lowest BCUT2D eigenvalue weighted by molar-refractivity contribution is -0.134. The van der Waals surface area contributed by atoms with Gasteiger partial charge < -0.3 is 4.74 Å². The summed E-state index contributed by atoms with van der Waals surface area (Å²) in [4.78, 5) is 16.0. The fraction of sp³-hybridized carbons (Fsp3) is 0.167. The van der Waals surface area contributed by atoms with Crippen molar-refractivity contribution in [3.63, 3.8) is 0 Å². The number of sulfonamides is 1. The van der Waals surface area contributed by atoms with Crippen molar-refractivity contribution >= 4 is 43.2 Å². The molecule has 4 rings (SSSR count). The van der Waals surface area contributed by atoms with E-state index in [9.17, 15) is 13.2 Å². The molecule has 6 nitrogen and oxygen atoms in total. The molecule has 1 heterocycles. The van der Waals surface area contributed by atoms with E-state index < -0.39 is 10.0 Å². The maximum absolute atomic E-state index is 12.6. The molecule has 0 aliphatic carbocycles. The summed E-state index contributed by atoms with van der Waals surface area (Å²) < 4.78 is 34.0. The van der Waals surface area contributed by atoms with Crippen LogP contribution >= 0.6 is 11.3 Å². The van der Waals surface area contributed by atoms with Gasteiger partial charge in [0.2, 0.25) is 10.0 Å². The summed E-state index contributed by atoms with van der Waals surface area (Å²) in [5, 5.41) is 0.892. The summed E-state index contributed by atoms with van der Waals surface area (Å²) >= 11 is 1.61. The van der Waals surface area contributed by atoms with E-state index in [0.717, 1.165) is 20.8 Å². The second-order valence-electron chi connectivity index (χ2n) is 7.40. The number of benzene rings is 3. The molecule has 0 fully saturated rings. The molecule has 0 saturated carbocycles. The van der Waals surface area contributed by atoms with E-state index in [1.807, 2.05) is 24.3 Å². The first kappa shape index (κ1) is 22.0. The van der Waals surface area contributed by atoms with Crippen LogP contribution < -0.4 is 9.46 Å². The first-order valence-electron chi connectivity index (χ1n) is 10.1. The Morgan fingerprint density at radius 3 is 2.44 bits per heavy atom. The lowest BCUT2D eigenvalue weighted by Gasteiger charge is -2.09. The molecular formula is C24H22N2O4S2. The van der Waals surface area contributed by atoms with Gasteiger partial charge in [0.15, 0.2) is 0 Å². The summed E-state index contributed by atoms with van der Waals surface area (Å²) in [5.41, 5.74) is 4.16. The number of rotatable bonds is 7. The van der Waals surface area contributed by atoms with Crippen LogP contribution in [0.3, 0.4) is 0 Å². The summed E-state index contributed by atoms with van der Waals surface area (Å²) in [5.74, 6) is -0.128. The number of nitrogens with zero attached hydrogens (tertiary/aromatic N) is 1. The number of carbonyl (C=O) groups excluding carboxylic acids is 1. The second kappa shape index (κ2) is 9.10. The summed E-state index contributed by atoms with van der Waals surface area (Å²) in [7, 11) is -3.60. The lowest BCUT2D eigenvalue weighted by atomic mass is 10.2. The van der Waals surface area contributed by atoms with Crippen molar-refractivity contribution in [2.45, 2.75) is 26.0 Å². The molecule has 3 aromatic carbocycles. The Labute approximate surface area is 190 Å². The molecule has 0 unspecified atom stereocenters. The van der Waals surface area contributed by atoms with Gasteiger partial charge in [-0.25, -0.2) is 13.4 Å². The molecule has 0 radical (unpaired) electrons. The standard InChI is InChI=1S/C24H22N2O4S2/c1-3-23(27)30-20-11-5-17(6-12-20)15-32(28,29)26-19-9-7-18(8-10-19)24-25-21-13-4-16(2)14-22(21)31-24/h4-14,26H,3,15H2,1-2H3. The predicted octanol–water partition coefficient (Wildman–Crippen LogP) is 5.53. The van der Waals surface area contributed by atoms with Crippen molar-refractivity contribution in [2.75, 3.05) is 4.72 Å². The highest BCUT2D eigenvalue weighted by molar-refractivity contribution is 7.91. The van der Waals surface area contributed by atoms with Crippen LogP contribution in [-0.2, 0) is 20.6 Å². The normalized spacial score (nSPS) is 11.4. The number of ether oxygens (including phenoxy) is 1. The first-order valence-corrected chi connectivity index (χ1v) is 12.6. The first-order chi connectivity index (χ1) is 15.3. The molecule has 32 heavy (non-hydrogen) atoms. The molecule has 0 spiro atoms. The van der Waals surface area contributed by atoms with E-state index in [2.05, 4.69) is 22.7 Å². The maximum Gasteiger partial charge on any atom is 0.310 e. The Morgan fingerprint density at radius 2 is 1.75 bits per heavy atom. The van der Waals surface area contributed by atoms with Crippen LogP contribution in [0.1, 0.15) is 24.5 Å². The highest BCUT2D eigenvalue weighted by Crippen LogP contribution is 2.31. The molecule has 4 aromatic rings. The fourth-order valence-electron chi connectivity index (χ4n) is 3.13. The van der Waals surface area contributed by atoms with Crippen LogP contribution in [0.5, 0.6) is 5.75 Å². The second-order valence-corrected chi connectivity index (χ2v) is 10.2. The van der Waals surface area contributed by atoms with Crippen LogP contribution in [0.15, 0.2) is 66.7 Å². The molecule has 164 valence electrons. The minimum Gasteiger partial charge on any atom is -0.427 e. The molecule has 1 aromatic heterocycles. The summed E-state index contributed by atoms with van der Waals surface area (Å²) in [6.45, 7) is 3.76. The van der Waals surface area contributed by atoms with Crippen LogP contribution in [0.4, 0.5) is 5.69 Å². The summed E-state index contributed by atoms with van der Waals surface area (Å²) in [6, 6.07) is 19.8. The van der Waals surface area contributed by atoms with Crippen LogP contribution in [0.25, 0.3) is 20.8 Å². The zero-order chi connectivity index (χ0) is 22.7. The number of hydrogen-bond donors (Lipinski definition) is 1. The number of nitrogens with one attached hydrogen (secondary N) is 1. The van der Waals surface area contributed by atoms with Gasteiger partial charge in [0.25, 0.3) is 0 Å². The Kier molecular flexibility index (Phi) is 6.25. The molecule has 0 saturated heterocycles. The molecule has 8 heteroatoms. The number of hydrogen-bond acceptors (Lipinski definition) is 6. The van der Waals surface area contributed by atoms with Crippen molar-refractivity contribution in [1.29, 1.82) is 0 Å². The van der Waals surface area contributed by atoms with Gasteiger partial charge in [0, 0.05) is 17.7 Å². The van der Waals surface area contributed by atoms with Crippen molar-refractivity contribution in [2.24, 2.45) is 0 Å². The largest absolute Gasteiger partial charge is 0.427 e. The van der Waals surface area contributed by atoms with Crippen molar-refractivity contribution in [1.82, 2.24) is 4.98 Å². The van der Waals surface area contributed by atoms with E-state index >= 15 is 0 Å². The highest BCUT2D eigenvalue weighted by Gasteiger charge is 2.13. The number of thiazole rings is 1. The average Bonchev–Trinajstić information content (AvgIpc) is 3.18. The van der Waals surface area contributed by atoms with Crippen LogP contribution in [0.2, 0.25) is 0 Å². The van der Waals surface area contributed by atoms with Crippen LogP contribution in [-0.4, -0.2) is 19.4 Å². The molecule has 0 amide bonds. The maximum atomic E-state index is 12.6. The zero-order valence-corrected chi connectivity index (χ0v) is 19.3. The van der Waals surface area contributed by atoms with Crippen molar-refractivity contribution in [3.05, 3.63) is 77.9 Å². The minimum atomic E-state index is -3.60. The number of carbonyl (C=O) groups is 1. The molecule has 1 N–H and O–H groups in total. The smallest absolute Gasteiger partial charge is 0.310 e. The van der Waals surface area contributed by atoms with E-state index in [1.165, 1.54) is 5.56 Å². The van der Waals surface area contributed by atoms with E-state index in [-0.39, 0.29) is 18.1 Å². The molecular weight excluding hydrogens is 444 g/mol. The monoisotopic (exact) mass is 466 g/mol. The van der Waals surface area contributed by atoms with E-state index in [1.54, 1.807) is 54.7 Å². The van der Waals surface area contributed by atoms with Gasteiger partial charge >= 0.3 is 5.97 Å². The number of anilines is 1. The fourth-order valence-corrected chi connectivity index (χ4v) is 5.40. The van der Waals surface area contributed by atoms with Gasteiger partial charge in [0.05, 0.1) is 16.0 Å². The number of fused-ring (bicyclic) bond motifs is 1. The van der Waals surface area contributed by atoms with Gasteiger partial charge in [-0.05, 0) is 66.6 Å². The third kappa shape index (κ3) is 5.33. The number of aromatic nitrogens is 1. The van der Waals surface area contributed by atoms with Gasteiger partial charge in [-0.3, -0.25) is 9.52 Å². The minimum absolute atomic E-state index is 0.187. The molecule has 0 aliphatic heterocycles. The topological polar surface area (TPSA) is 85.4 Å². The average molecular weight is 467 g/mol. The van der Waals surface area contributed by atoms with Crippen molar-refractivity contribution < 1.29 is 17.9 Å². The quantitative estimate of drug-likeness (QED) is 0.286. The third-order valence-corrected chi connectivity index (χ3v) is 7.08. The number of esters is 1. The van der Waals surface area contributed by atoms with Gasteiger partial charge in [0.1, 0.15) is 10.8 Å². The Hall–Kier alpha value is -3.23. The van der Waals surface area contributed by atoms with E-state index in [4.69, 9.17) is 4.74 Å². The molecule has 0 bridgehead atoms. The Bertz CT molecular complexity index is 1360. The highest BCUT2D eigenvalue weighted by atomic mass is 32.2. The van der Waals surface area contributed by atoms with E-state index in [0.29, 0.717) is 17.0 Å². The lowest BCUT2D eigenvalue weighted by Crippen LogP contribution is -2.15. The third-order valence-electron chi connectivity index (χ3n) is 4.75. The Morgan fingerprint density at radius 1 is 1.03 bits per heavy atom. The zero-order valence-electron chi connectivity index (χ0n) is 17.7. The SMILES string of the molecule is CCC(=O)Oc1ccc(CS(=O)(=O)Nc2ccc(-c3nc4ccc(C)cc4s3)cc2)cc1. The number of aryl methyl sites for hydroxylation is 1. The van der Waals surface area contributed by atoms with Crippen molar-refractivity contribution in [3.8, 4) is 16.3 Å². The van der Waals surface area contributed by atoms with Gasteiger partial charge in [-0.2, -0.15) is 0 Å². The molecule has 0 aliphatic rings.